The minimum Gasteiger partial charge on any atom is -0.324 e. The largest absolute Gasteiger partial charge is 0.324 e. The molecule has 1 heterocycles. The first-order valence-corrected chi connectivity index (χ1v) is 4.79. The van der Waals surface area contributed by atoms with E-state index in [1.807, 2.05) is 30.3 Å². The summed E-state index contributed by atoms with van der Waals surface area (Å²) in [6.45, 7) is 0.999. The van der Waals surface area contributed by atoms with Gasteiger partial charge in [-0.1, -0.05) is 36.3 Å². The van der Waals surface area contributed by atoms with Crippen LogP contribution in [0, 0.1) is 12.3 Å². The van der Waals surface area contributed by atoms with Gasteiger partial charge in [-0.15, -0.1) is 6.42 Å². The molecule has 0 saturated carbocycles. The molecule has 0 bridgehead atoms. The second-order valence-corrected chi connectivity index (χ2v) is 3.43. The van der Waals surface area contributed by atoms with Crippen molar-refractivity contribution in [1.82, 2.24) is 4.90 Å². The fourth-order valence-corrected chi connectivity index (χ4v) is 1.64. The maximum absolute atomic E-state index is 11.5. The third-order valence-electron chi connectivity index (χ3n) is 2.40. The lowest BCUT2D eigenvalue weighted by Gasteiger charge is -2.12. The molecule has 2 heteroatoms. The van der Waals surface area contributed by atoms with Crippen molar-refractivity contribution >= 4 is 11.5 Å². The highest BCUT2D eigenvalue weighted by Gasteiger charge is 2.20. The molecular formula is C13H11NO. The molecule has 2 rings (SSSR count). The number of hydrogen-bond acceptors (Lipinski definition) is 1. The summed E-state index contributed by atoms with van der Waals surface area (Å²) in [5.74, 6) is 2.49. The Bertz CT molecular complexity index is 439. The molecule has 0 saturated heterocycles. The fourth-order valence-electron chi connectivity index (χ4n) is 1.64. The maximum atomic E-state index is 11.5. The van der Waals surface area contributed by atoms with Crippen LogP contribution in [0.15, 0.2) is 36.4 Å². The molecule has 0 aromatic heterocycles. The Balaban J connectivity index is 2.19. The van der Waals surface area contributed by atoms with Crippen LogP contribution in [0.1, 0.15) is 5.56 Å². The lowest BCUT2D eigenvalue weighted by atomic mass is 10.1. The summed E-state index contributed by atoms with van der Waals surface area (Å²) in [5, 5.41) is 0. The topological polar surface area (TPSA) is 20.3 Å². The molecule has 0 radical (unpaired) electrons. The van der Waals surface area contributed by atoms with Crippen LogP contribution in [0.2, 0.25) is 0 Å². The van der Waals surface area contributed by atoms with Gasteiger partial charge >= 0.3 is 0 Å². The molecule has 0 N–H and O–H groups in total. The van der Waals surface area contributed by atoms with Crippen LogP contribution in [0.4, 0.5) is 0 Å². The molecule has 1 amide bonds. The van der Waals surface area contributed by atoms with Crippen LogP contribution in [0.5, 0.6) is 0 Å². The number of carbonyl (C=O) groups excluding carboxylic acids is 1. The Kier molecular flexibility index (Phi) is 2.55. The smallest absolute Gasteiger partial charge is 0.248 e. The van der Waals surface area contributed by atoms with Crippen molar-refractivity contribution in [2.45, 2.75) is 0 Å². The molecule has 0 aliphatic carbocycles. The van der Waals surface area contributed by atoms with Gasteiger partial charge in [-0.25, -0.2) is 0 Å². The zero-order valence-electron chi connectivity index (χ0n) is 8.31. The highest BCUT2D eigenvalue weighted by atomic mass is 16.2. The van der Waals surface area contributed by atoms with Crippen molar-refractivity contribution in [1.29, 1.82) is 0 Å². The minimum absolute atomic E-state index is 0.00630. The second kappa shape index (κ2) is 4.02. The van der Waals surface area contributed by atoms with E-state index in [0.717, 1.165) is 11.1 Å². The Hall–Kier alpha value is -2.01. The molecule has 2 nitrogen and oxygen atoms in total. The van der Waals surface area contributed by atoms with Gasteiger partial charge in [0, 0.05) is 12.6 Å². The summed E-state index contributed by atoms with van der Waals surface area (Å²) in [5.41, 5.74) is 2.13. The third-order valence-corrected chi connectivity index (χ3v) is 2.40. The first-order chi connectivity index (χ1) is 7.31. The standard InChI is InChI=1S/C13H11NO/c1-2-8-14-10-12(9-13(14)15)11-6-4-3-5-7-11/h1,3-7,9H,8,10H2. The van der Waals surface area contributed by atoms with E-state index in [-0.39, 0.29) is 5.91 Å². The lowest BCUT2D eigenvalue weighted by Crippen LogP contribution is -2.25. The lowest BCUT2D eigenvalue weighted by molar-refractivity contribution is -0.123. The van der Waals surface area contributed by atoms with Crippen molar-refractivity contribution in [3.8, 4) is 12.3 Å². The Morgan fingerprint density at radius 2 is 2.07 bits per heavy atom. The maximum Gasteiger partial charge on any atom is 0.248 e. The summed E-state index contributed by atoms with van der Waals surface area (Å²) in [7, 11) is 0. The van der Waals surface area contributed by atoms with Crippen LogP contribution in [-0.2, 0) is 4.79 Å². The van der Waals surface area contributed by atoms with E-state index >= 15 is 0 Å². The van der Waals surface area contributed by atoms with Crippen molar-refractivity contribution in [2.75, 3.05) is 13.1 Å². The van der Waals surface area contributed by atoms with Crippen molar-refractivity contribution < 1.29 is 4.79 Å². The van der Waals surface area contributed by atoms with E-state index in [9.17, 15) is 4.79 Å². The van der Waals surface area contributed by atoms with Gasteiger partial charge in [0.25, 0.3) is 0 Å². The molecule has 0 fully saturated rings. The van der Waals surface area contributed by atoms with Gasteiger partial charge in [-0.2, -0.15) is 0 Å². The molecule has 15 heavy (non-hydrogen) atoms. The number of amides is 1. The van der Waals surface area contributed by atoms with E-state index in [1.165, 1.54) is 0 Å². The number of nitrogens with zero attached hydrogens (tertiary/aromatic N) is 1. The number of terminal acetylenes is 1. The molecule has 1 aliphatic heterocycles. The predicted molar refractivity (Wildman–Crippen MR) is 59.8 cm³/mol. The second-order valence-electron chi connectivity index (χ2n) is 3.43. The first-order valence-electron chi connectivity index (χ1n) is 4.79. The van der Waals surface area contributed by atoms with E-state index in [0.29, 0.717) is 13.1 Å². The van der Waals surface area contributed by atoms with Gasteiger partial charge in [0.1, 0.15) is 0 Å². The van der Waals surface area contributed by atoms with Crippen molar-refractivity contribution in [3.63, 3.8) is 0 Å². The summed E-state index contributed by atoms with van der Waals surface area (Å²) < 4.78 is 0. The summed E-state index contributed by atoms with van der Waals surface area (Å²) >= 11 is 0. The fraction of sp³-hybridized carbons (Fsp3) is 0.154. The summed E-state index contributed by atoms with van der Waals surface area (Å²) in [6, 6.07) is 9.88. The minimum atomic E-state index is 0.00630. The van der Waals surface area contributed by atoms with Crippen LogP contribution in [0.25, 0.3) is 5.57 Å². The highest BCUT2D eigenvalue weighted by molar-refractivity contribution is 6.00. The Labute approximate surface area is 89.2 Å². The van der Waals surface area contributed by atoms with Gasteiger partial charge in [0.05, 0.1) is 6.54 Å². The number of carbonyl (C=O) groups is 1. The zero-order chi connectivity index (χ0) is 10.7. The first kappa shape index (κ1) is 9.54. The van der Waals surface area contributed by atoms with E-state index in [1.54, 1.807) is 11.0 Å². The SMILES string of the molecule is C#CCN1CC(c2ccccc2)=CC1=O. The van der Waals surface area contributed by atoms with Gasteiger partial charge in [0.15, 0.2) is 0 Å². The van der Waals surface area contributed by atoms with Gasteiger partial charge in [0.2, 0.25) is 5.91 Å². The van der Waals surface area contributed by atoms with E-state index in [2.05, 4.69) is 5.92 Å². The summed E-state index contributed by atoms with van der Waals surface area (Å²) in [4.78, 5) is 13.2. The number of benzene rings is 1. The van der Waals surface area contributed by atoms with Crippen LogP contribution < -0.4 is 0 Å². The molecule has 0 spiro atoms. The quantitative estimate of drug-likeness (QED) is 0.659. The number of hydrogen-bond donors (Lipinski definition) is 0. The molecule has 74 valence electrons. The third kappa shape index (κ3) is 1.92. The molecule has 1 aromatic carbocycles. The van der Waals surface area contributed by atoms with Crippen molar-refractivity contribution in [2.24, 2.45) is 0 Å². The van der Waals surface area contributed by atoms with Crippen LogP contribution in [-0.4, -0.2) is 23.9 Å². The molecular weight excluding hydrogens is 186 g/mol. The Morgan fingerprint density at radius 3 is 2.73 bits per heavy atom. The predicted octanol–water partition coefficient (Wildman–Crippen LogP) is 1.55. The molecule has 0 atom stereocenters. The molecule has 1 aliphatic rings. The average molecular weight is 197 g/mol. The van der Waals surface area contributed by atoms with Crippen LogP contribution in [0.3, 0.4) is 0 Å². The highest BCUT2D eigenvalue weighted by Crippen LogP contribution is 2.20. The monoisotopic (exact) mass is 197 g/mol. The average Bonchev–Trinajstić information content (AvgIpc) is 2.63. The number of rotatable bonds is 2. The van der Waals surface area contributed by atoms with E-state index < -0.39 is 0 Å². The normalized spacial score (nSPS) is 15.0. The van der Waals surface area contributed by atoms with Gasteiger partial charge < -0.3 is 4.90 Å². The Morgan fingerprint density at radius 1 is 1.33 bits per heavy atom. The van der Waals surface area contributed by atoms with E-state index in [4.69, 9.17) is 6.42 Å². The molecule has 1 aromatic rings. The zero-order valence-corrected chi connectivity index (χ0v) is 8.31. The summed E-state index contributed by atoms with van der Waals surface area (Å²) in [6.07, 6.45) is 6.85. The molecule has 0 unspecified atom stereocenters. The van der Waals surface area contributed by atoms with Crippen LogP contribution >= 0.6 is 0 Å². The van der Waals surface area contributed by atoms with Crippen molar-refractivity contribution in [3.05, 3.63) is 42.0 Å². The van der Waals surface area contributed by atoms with Gasteiger partial charge in [-0.3, -0.25) is 4.79 Å². The van der Waals surface area contributed by atoms with Gasteiger partial charge in [-0.05, 0) is 11.1 Å².